The van der Waals surface area contributed by atoms with E-state index in [2.05, 4.69) is 12.2 Å². The number of esters is 1. The molecule has 0 amide bonds. The van der Waals surface area contributed by atoms with Gasteiger partial charge in [-0.3, -0.25) is 0 Å². The predicted molar refractivity (Wildman–Crippen MR) is 69.1 cm³/mol. The van der Waals surface area contributed by atoms with E-state index in [1.54, 1.807) is 12.1 Å². The van der Waals surface area contributed by atoms with Crippen molar-refractivity contribution in [2.24, 2.45) is 0 Å². The van der Waals surface area contributed by atoms with Crippen LogP contribution in [0.1, 0.15) is 37.0 Å². The number of ether oxygens (including phenoxy) is 1. The van der Waals surface area contributed by atoms with Crippen LogP contribution >= 0.6 is 0 Å². The van der Waals surface area contributed by atoms with Crippen LogP contribution < -0.4 is 5.32 Å². The Balaban J connectivity index is 2.47. The second-order valence-electron chi connectivity index (χ2n) is 4.14. The van der Waals surface area contributed by atoms with Gasteiger partial charge in [0.15, 0.2) is 0 Å². The minimum Gasteiger partial charge on any atom is -0.460 e. The van der Waals surface area contributed by atoms with Crippen molar-refractivity contribution in [1.82, 2.24) is 5.32 Å². The van der Waals surface area contributed by atoms with E-state index in [1.165, 1.54) is 12.1 Å². The van der Waals surface area contributed by atoms with E-state index in [9.17, 15) is 9.18 Å². The van der Waals surface area contributed by atoms with Gasteiger partial charge in [-0.1, -0.05) is 26.0 Å². The van der Waals surface area contributed by atoms with Crippen LogP contribution in [0.3, 0.4) is 0 Å². The third-order valence-corrected chi connectivity index (χ3v) is 2.69. The quantitative estimate of drug-likeness (QED) is 0.759. The van der Waals surface area contributed by atoms with Gasteiger partial charge in [0.2, 0.25) is 0 Å². The number of carbonyl (C=O) groups is 1. The zero-order valence-electron chi connectivity index (χ0n) is 10.9. The van der Waals surface area contributed by atoms with E-state index < -0.39 is 11.8 Å². The van der Waals surface area contributed by atoms with Gasteiger partial charge in [-0.15, -0.1) is 0 Å². The molecule has 18 heavy (non-hydrogen) atoms. The monoisotopic (exact) mass is 253 g/mol. The summed E-state index contributed by atoms with van der Waals surface area (Å²) in [7, 11) is 0. The predicted octanol–water partition coefficient (Wildman–Crippen LogP) is 2.76. The van der Waals surface area contributed by atoms with E-state index >= 15 is 0 Å². The number of hydrogen-bond acceptors (Lipinski definition) is 3. The first-order chi connectivity index (χ1) is 8.69. The van der Waals surface area contributed by atoms with E-state index in [0.29, 0.717) is 0 Å². The molecule has 100 valence electrons. The van der Waals surface area contributed by atoms with Gasteiger partial charge in [0.25, 0.3) is 0 Å². The summed E-state index contributed by atoms with van der Waals surface area (Å²) in [6, 6.07) is 5.97. The van der Waals surface area contributed by atoms with Crippen molar-refractivity contribution in [3.05, 3.63) is 35.6 Å². The van der Waals surface area contributed by atoms with Crippen LogP contribution in [0, 0.1) is 5.82 Å². The van der Waals surface area contributed by atoms with Crippen LogP contribution in [0.25, 0.3) is 0 Å². The molecule has 0 aliphatic heterocycles. The molecule has 0 radical (unpaired) electrons. The molecular formula is C14H20FNO2. The van der Waals surface area contributed by atoms with Crippen molar-refractivity contribution < 1.29 is 13.9 Å². The molecule has 1 unspecified atom stereocenters. The third kappa shape index (κ3) is 4.45. The van der Waals surface area contributed by atoms with Gasteiger partial charge in [0.1, 0.15) is 12.4 Å². The van der Waals surface area contributed by atoms with Crippen LogP contribution in [0.5, 0.6) is 0 Å². The van der Waals surface area contributed by atoms with Crippen LogP contribution in [-0.4, -0.2) is 25.2 Å². The second kappa shape index (κ2) is 7.82. The zero-order valence-corrected chi connectivity index (χ0v) is 10.9. The lowest BCUT2D eigenvalue weighted by Crippen LogP contribution is -2.34. The van der Waals surface area contributed by atoms with Crippen molar-refractivity contribution >= 4 is 5.97 Å². The topological polar surface area (TPSA) is 38.3 Å². The highest BCUT2D eigenvalue weighted by atomic mass is 19.1. The lowest BCUT2D eigenvalue weighted by molar-refractivity contribution is 0.0458. The summed E-state index contributed by atoms with van der Waals surface area (Å²) < 4.78 is 18.5. The number of benzene rings is 1. The normalized spacial score (nSPS) is 12.2. The highest BCUT2D eigenvalue weighted by Crippen LogP contribution is 2.08. The van der Waals surface area contributed by atoms with Crippen LogP contribution in [0.15, 0.2) is 24.3 Å². The fourth-order valence-electron chi connectivity index (χ4n) is 1.55. The van der Waals surface area contributed by atoms with Crippen LogP contribution in [-0.2, 0) is 4.74 Å². The molecule has 0 aromatic heterocycles. The Hall–Kier alpha value is -1.42. The second-order valence-corrected chi connectivity index (χ2v) is 4.14. The largest absolute Gasteiger partial charge is 0.460 e. The Bertz CT molecular complexity index is 382. The van der Waals surface area contributed by atoms with Gasteiger partial charge in [-0.05, 0) is 31.5 Å². The van der Waals surface area contributed by atoms with Crippen LogP contribution in [0.2, 0.25) is 0 Å². The highest BCUT2D eigenvalue weighted by Gasteiger charge is 2.14. The molecule has 1 aromatic rings. The molecule has 0 aliphatic carbocycles. The molecule has 0 heterocycles. The first-order valence-electron chi connectivity index (χ1n) is 6.34. The lowest BCUT2D eigenvalue weighted by atomic mass is 10.2. The molecular weight excluding hydrogens is 233 g/mol. The standard InChI is InChI=1S/C14H20FNO2/c1-3-9-16-11(4-2)10-18-14(17)12-7-5-6-8-13(12)15/h5-8,11,16H,3-4,9-10H2,1-2H3. The van der Waals surface area contributed by atoms with E-state index in [4.69, 9.17) is 4.74 Å². The Labute approximate surface area is 107 Å². The summed E-state index contributed by atoms with van der Waals surface area (Å²) in [5.41, 5.74) is -0.0113. The lowest BCUT2D eigenvalue weighted by Gasteiger charge is -2.16. The average Bonchev–Trinajstić information content (AvgIpc) is 2.39. The Morgan fingerprint density at radius 1 is 1.39 bits per heavy atom. The maximum atomic E-state index is 13.3. The summed E-state index contributed by atoms with van der Waals surface area (Å²) in [5.74, 6) is -1.15. The van der Waals surface area contributed by atoms with Crippen molar-refractivity contribution in [2.45, 2.75) is 32.7 Å². The van der Waals surface area contributed by atoms with Gasteiger partial charge in [0.05, 0.1) is 5.56 Å². The van der Waals surface area contributed by atoms with Crippen molar-refractivity contribution in [3.8, 4) is 0 Å². The SMILES string of the molecule is CCCNC(CC)COC(=O)c1ccccc1F. The summed E-state index contributed by atoms with van der Waals surface area (Å²) in [4.78, 5) is 11.7. The third-order valence-electron chi connectivity index (χ3n) is 2.69. The number of carbonyl (C=O) groups excluding carboxylic acids is 1. The van der Waals surface area contributed by atoms with Crippen molar-refractivity contribution in [2.75, 3.05) is 13.2 Å². The summed E-state index contributed by atoms with van der Waals surface area (Å²) >= 11 is 0. The Morgan fingerprint density at radius 2 is 2.11 bits per heavy atom. The number of rotatable bonds is 7. The number of nitrogens with one attached hydrogen (secondary N) is 1. The molecule has 0 spiro atoms. The molecule has 1 rings (SSSR count). The first kappa shape index (κ1) is 14.6. The maximum Gasteiger partial charge on any atom is 0.341 e. The first-order valence-corrected chi connectivity index (χ1v) is 6.34. The Kier molecular flexibility index (Phi) is 6.36. The van der Waals surface area contributed by atoms with Gasteiger partial charge in [-0.2, -0.15) is 0 Å². The molecule has 1 atom stereocenters. The summed E-state index contributed by atoms with van der Waals surface area (Å²) in [5, 5.41) is 3.27. The Morgan fingerprint density at radius 3 is 2.72 bits per heavy atom. The molecule has 0 bridgehead atoms. The molecule has 0 saturated carbocycles. The van der Waals surface area contributed by atoms with E-state index in [1.807, 2.05) is 6.92 Å². The van der Waals surface area contributed by atoms with Gasteiger partial charge >= 0.3 is 5.97 Å². The maximum absolute atomic E-state index is 13.3. The van der Waals surface area contributed by atoms with Crippen molar-refractivity contribution in [1.29, 1.82) is 0 Å². The van der Waals surface area contributed by atoms with Crippen LogP contribution in [0.4, 0.5) is 4.39 Å². The zero-order chi connectivity index (χ0) is 13.4. The fraction of sp³-hybridized carbons (Fsp3) is 0.500. The van der Waals surface area contributed by atoms with Gasteiger partial charge in [-0.25, -0.2) is 9.18 Å². The van der Waals surface area contributed by atoms with Gasteiger partial charge in [0, 0.05) is 6.04 Å². The summed E-state index contributed by atoms with van der Waals surface area (Å²) in [6.07, 6.45) is 1.89. The molecule has 0 fully saturated rings. The minimum atomic E-state index is -0.607. The molecule has 1 aromatic carbocycles. The number of halogens is 1. The van der Waals surface area contributed by atoms with Crippen molar-refractivity contribution in [3.63, 3.8) is 0 Å². The number of hydrogen-bond donors (Lipinski definition) is 1. The summed E-state index contributed by atoms with van der Waals surface area (Å²) in [6.45, 7) is 5.24. The average molecular weight is 253 g/mol. The van der Waals surface area contributed by atoms with Gasteiger partial charge < -0.3 is 10.1 Å². The smallest absolute Gasteiger partial charge is 0.341 e. The fourth-order valence-corrected chi connectivity index (χ4v) is 1.55. The molecule has 3 nitrogen and oxygen atoms in total. The highest BCUT2D eigenvalue weighted by molar-refractivity contribution is 5.89. The molecule has 1 N–H and O–H groups in total. The van der Waals surface area contributed by atoms with E-state index in [0.717, 1.165) is 19.4 Å². The molecule has 4 heteroatoms. The van der Waals surface area contributed by atoms with E-state index in [-0.39, 0.29) is 18.2 Å². The molecule has 0 saturated heterocycles. The minimum absolute atomic E-state index is 0.0113. The molecule has 0 aliphatic rings.